The number of nitrogens with one attached hydrogen (secondary N) is 1. The SMILES string of the molecule is CC(C)NCCOc1cccc2ccccc12.Cl. The molecule has 0 saturated heterocycles. The van der Waals surface area contributed by atoms with Crippen LogP contribution in [0, 0.1) is 0 Å². The van der Waals surface area contributed by atoms with Gasteiger partial charge in [0.05, 0.1) is 0 Å². The Balaban J connectivity index is 0.00000162. The highest BCUT2D eigenvalue weighted by Gasteiger charge is 2.00. The van der Waals surface area contributed by atoms with Gasteiger partial charge < -0.3 is 10.1 Å². The molecule has 2 aromatic carbocycles. The van der Waals surface area contributed by atoms with Gasteiger partial charge in [0.15, 0.2) is 0 Å². The molecule has 18 heavy (non-hydrogen) atoms. The van der Waals surface area contributed by atoms with E-state index in [1.54, 1.807) is 0 Å². The molecule has 0 unspecified atom stereocenters. The first-order valence-corrected chi connectivity index (χ1v) is 6.11. The van der Waals surface area contributed by atoms with Gasteiger partial charge in [-0.25, -0.2) is 0 Å². The maximum atomic E-state index is 5.81. The molecule has 0 heterocycles. The Morgan fingerprint density at radius 1 is 1.06 bits per heavy atom. The van der Waals surface area contributed by atoms with E-state index in [2.05, 4.69) is 37.4 Å². The molecule has 3 heteroatoms. The zero-order valence-electron chi connectivity index (χ0n) is 10.8. The van der Waals surface area contributed by atoms with Crippen LogP contribution in [0.25, 0.3) is 10.8 Å². The van der Waals surface area contributed by atoms with Crippen molar-refractivity contribution in [1.29, 1.82) is 0 Å². The monoisotopic (exact) mass is 265 g/mol. The number of benzene rings is 2. The van der Waals surface area contributed by atoms with Crippen molar-refractivity contribution in [3.63, 3.8) is 0 Å². The summed E-state index contributed by atoms with van der Waals surface area (Å²) in [7, 11) is 0. The fourth-order valence-corrected chi connectivity index (χ4v) is 1.83. The van der Waals surface area contributed by atoms with Gasteiger partial charge >= 0.3 is 0 Å². The van der Waals surface area contributed by atoms with Crippen LogP contribution in [0.1, 0.15) is 13.8 Å². The van der Waals surface area contributed by atoms with E-state index >= 15 is 0 Å². The summed E-state index contributed by atoms with van der Waals surface area (Å²) in [5.74, 6) is 0.966. The minimum Gasteiger partial charge on any atom is -0.492 e. The zero-order valence-corrected chi connectivity index (χ0v) is 11.7. The number of hydrogen-bond acceptors (Lipinski definition) is 2. The molecule has 2 rings (SSSR count). The first-order valence-electron chi connectivity index (χ1n) is 6.11. The Kier molecular flexibility index (Phi) is 5.96. The number of hydrogen-bond donors (Lipinski definition) is 1. The molecular formula is C15H20ClNO. The molecule has 0 aliphatic carbocycles. The molecule has 0 saturated carbocycles. The van der Waals surface area contributed by atoms with Gasteiger partial charge in [-0.15, -0.1) is 12.4 Å². The number of halogens is 1. The molecule has 0 aromatic heterocycles. The predicted octanol–water partition coefficient (Wildman–Crippen LogP) is 3.64. The summed E-state index contributed by atoms with van der Waals surface area (Å²) in [6.45, 7) is 5.85. The van der Waals surface area contributed by atoms with Crippen molar-refractivity contribution >= 4 is 23.2 Å². The normalized spacial score (nSPS) is 10.4. The molecule has 98 valence electrons. The second-order valence-corrected chi connectivity index (χ2v) is 4.43. The lowest BCUT2D eigenvalue weighted by Crippen LogP contribution is -2.27. The topological polar surface area (TPSA) is 21.3 Å². The highest BCUT2D eigenvalue weighted by atomic mass is 35.5. The molecule has 0 spiro atoms. The molecule has 0 amide bonds. The summed E-state index contributed by atoms with van der Waals surface area (Å²) in [5, 5.41) is 5.74. The van der Waals surface area contributed by atoms with Crippen LogP contribution < -0.4 is 10.1 Å². The van der Waals surface area contributed by atoms with E-state index in [9.17, 15) is 0 Å². The molecule has 0 atom stereocenters. The smallest absolute Gasteiger partial charge is 0.127 e. The van der Waals surface area contributed by atoms with E-state index in [0.29, 0.717) is 12.6 Å². The third kappa shape index (κ3) is 3.90. The molecule has 0 aliphatic rings. The Bertz CT molecular complexity index is 479. The van der Waals surface area contributed by atoms with Crippen molar-refractivity contribution in [2.45, 2.75) is 19.9 Å². The second kappa shape index (κ2) is 7.24. The van der Waals surface area contributed by atoms with E-state index in [1.807, 2.05) is 24.3 Å². The molecule has 2 nitrogen and oxygen atoms in total. The van der Waals surface area contributed by atoms with Crippen LogP contribution >= 0.6 is 12.4 Å². The van der Waals surface area contributed by atoms with E-state index < -0.39 is 0 Å². The fourth-order valence-electron chi connectivity index (χ4n) is 1.83. The van der Waals surface area contributed by atoms with Gasteiger partial charge in [0.25, 0.3) is 0 Å². The second-order valence-electron chi connectivity index (χ2n) is 4.43. The van der Waals surface area contributed by atoms with Crippen molar-refractivity contribution in [3.8, 4) is 5.75 Å². The number of ether oxygens (including phenoxy) is 1. The van der Waals surface area contributed by atoms with Crippen LogP contribution in [0.3, 0.4) is 0 Å². The largest absolute Gasteiger partial charge is 0.492 e. The maximum Gasteiger partial charge on any atom is 0.127 e. The summed E-state index contributed by atoms with van der Waals surface area (Å²) >= 11 is 0. The van der Waals surface area contributed by atoms with E-state index in [4.69, 9.17) is 4.74 Å². The van der Waals surface area contributed by atoms with Crippen LogP contribution in [0.15, 0.2) is 42.5 Å². The first kappa shape index (κ1) is 14.8. The first-order chi connectivity index (χ1) is 8.27. The average Bonchev–Trinajstić information content (AvgIpc) is 2.34. The zero-order chi connectivity index (χ0) is 12.1. The Morgan fingerprint density at radius 2 is 1.78 bits per heavy atom. The Hall–Kier alpha value is -1.25. The van der Waals surface area contributed by atoms with Gasteiger partial charge in [-0.2, -0.15) is 0 Å². The molecule has 0 radical (unpaired) electrons. The molecule has 0 fully saturated rings. The van der Waals surface area contributed by atoms with Crippen LogP contribution in [0.5, 0.6) is 5.75 Å². The van der Waals surface area contributed by atoms with Gasteiger partial charge in [-0.1, -0.05) is 50.2 Å². The van der Waals surface area contributed by atoms with Gasteiger partial charge in [0, 0.05) is 18.0 Å². The number of rotatable bonds is 5. The Morgan fingerprint density at radius 3 is 2.56 bits per heavy atom. The highest BCUT2D eigenvalue weighted by Crippen LogP contribution is 2.24. The summed E-state index contributed by atoms with van der Waals surface area (Å²) in [4.78, 5) is 0. The van der Waals surface area contributed by atoms with Gasteiger partial charge in [0.1, 0.15) is 12.4 Å². The highest BCUT2D eigenvalue weighted by molar-refractivity contribution is 5.88. The van der Waals surface area contributed by atoms with Crippen LogP contribution in [-0.4, -0.2) is 19.2 Å². The van der Waals surface area contributed by atoms with Gasteiger partial charge in [-0.05, 0) is 11.5 Å². The van der Waals surface area contributed by atoms with Crippen LogP contribution in [0.2, 0.25) is 0 Å². The average molecular weight is 266 g/mol. The molecule has 0 aliphatic heterocycles. The van der Waals surface area contributed by atoms with Crippen molar-refractivity contribution in [2.24, 2.45) is 0 Å². The lowest BCUT2D eigenvalue weighted by Gasteiger charge is -2.11. The predicted molar refractivity (Wildman–Crippen MR) is 79.8 cm³/mol. The molecule has 1 N–H and O–H groups in total. The summed E-state index contributed by atoms with van der Waals surface area (Å²) in [6.07, 6.45) is 0. The lowest BCUT2D eigenvalue weighted by molar-refractivity contribution is 0.312. The minimum atomic E-state index is 0. The van der Waals surface area contributed by atoms with E-state index in [-0.39, 0.29) is 12.4 Å². The molecule has 2 aromatic rings. The Labute approximate surface area is 115 Å². The molecule has 0 bridgehead atoms. The minimum absolute atomic E-state index is 0. The standard InChI is InChI=1S/C15H19NO.ClH/c1-12(2)16-10-11-17-15-9-5-7-13-6-3-4-8-14(13)15;/h3-9,12,16H,10-11H2,1-2H3;1H. The lowest BCUT2D eigenvalue weighted by atomic mass is 10.1. The maximum absolute atomic E-state index is 5.81. The summed E-state index contributed by atoms with van der Waals surface area (Å²) < 4.78 is 5.81. The van der Waals surface area contributed by atoms with Crippen molar-refractivity contribution in [3.05, 3.63) is 42.5 Å². The van der Waals surface area contributed by atoms with E-state index in [0.717, 1.165) is 12.3 Å². The van der Waals surface area contributed by atoms with Gasteiger partial charge in [0.2, 0.25) is 0 Å². The van der Waals surface area contributed by atoms with Gasteiger partial charge in [-0.3, -0.25) is 0 Å². The third-order valence-corrected chi connectivity index (χ3v) is 2.66. The molecular weight excluding hydrogens is 246 g/mol. The quantitative estimate of drug-likeness (QED) is 0.834. The number of fused-ring (bicyclic) bond motifs is 1. The van der Waals surface area contributed by atoms with Crippen molar-refractivity contribution in [2.75, 3.05) is 13.2 Å². The van der Waals surface area contributed by atoms with Crippen molar-refractivity contribution < 1.29 is 4.74 Å². The fraction of sp³-hybridized carbons (Fsp3) is 0.333. The van der Waals surface area contributed by atoms with Crippen LogP contribution in [-0.2, 0) is 0 Å². The van der Waals surface area contributed by atoms with Crippen molar-refractivity contribution in [1.82, 2.24) is 5.32 Å². The third-order valence-electron chi connectivity index (χ3n) is 2.66. The van der Waals surface area contributed by atoms with E-state index in [1.165, 1.54) is 10.8 Å². The van der Waals surface area contributed by atoms with Crippen LogP contribution in [0.4, 0.5) is 0 Å². The summed E-state index contributed by atoms with van der Waals surface area (Å²) in [5.41, 5.74) is 0. The summed E-state index contributed by atoms with van der Waals surface area (Å²) in [6, 6.07) is 15.0.